The molecule has 2 nitrogen and oxygen atoms in total. The smallest absolute Gasteiger partial charge is 0.164 e. The fourth-order valence-corrected chi connectivity index (χ4v) is 3.66. The molecule has 1 aromatic heterocycles. The Morgan fingerprint density at radius 3 is 2.78 bits per heavy atom. The summed E-state index contributed by atoms with van der Waals surface area (Å²) in [5, 5.41) is 0. The number of nitrogens with zero attached hydrogens (tertiary/aromatic N) is 1. The van der Waals surface area contributed by atoms with Gasteiger partial charge in [-0.05, 0) is 50.0 Å². The molecule has 1 heterocycles. The van der Waals surface area contributed by atoms with Gasteiger partial charge in [0.2, 0.25) is 0 Å². The predicted octanol–water partition coefficient (Wildman–Crippen LogP) is 4.00. The summed E-state index contributed by atoms with van der Waals surface area (Å²) in [4.78, 5) is 11.9. The van der Waals surface area contributed by atoms with Gasteiger partial charge in [-0.25, -0.2) is 0 Å². The number of hydrogen-bond acceptors (Lipinski definition) is 1. The van der Waals surface area contributed by atoms with Crippen molar-refractivity contribution in [3.8, 4) is 0 Å². The highest BCUT2D eigenvalue weighted by molar-refractivity contribution is 5.98. The van der Waals surface area contributed by atoms with Crippen LogP contribution in [0.2, 0.25) is 0 Å². The van der Waals surface area contributed by atoms with Crippen molar-refractivity contribution in [3.63, 3.8) is 0 Å². The average Bonchev–Trinajstić information content (AvgIpc) is 2.78. The standard InChI is InChI=1S/C16H23NO/c1-11-6-7-13(10-12(11)2)17-9-8-14-15(17)4-3-5-16(14)18/h8-9,11-13H,3-7,10H2,1-2H3. The Bertz CT molecular complexity index is 460. The fourth-order valence-electron chi connectivity index (χ4n) is 3.66. The van der Waals surface area contributed by atoms with Crippen LogP contribution in [0.1, 0.15) is 68.0 Å². The van der Waals surface area contributed by atoms with E-state index in [0.29, 0.717) is 11.8 Å². The summed E-state index contributed by atoms with van der Waals surface area (Å²) in [5.41, 5.74) is 2.32. The summed E-state index contributed by atoms with van der Waals surface area (Å²) in [6, 6.07) is 2.69. The minimum Gasteiger partial charge on any atom is -0.348 e. The lowest BCUT2D eigenvalue weighted by molar-refractivity contribution is 0.0971. The van der Waals surface area contributed by atoms with Crippen LogP contribution in [0.5, 0.6) is 0 Å². The molecule has 1 aromatic rings. The van der Waals surface area contributed by atoms with Gasteiger partial charge in [-0.2, -0.15) is 0 Å². The summed E-state index contributed by atoms with van der Waals surface area (Å²) in [7, 11) is 0. The van der Waals surface area contributed by atoms with Gasteiger partial charge >= 0.3 is 0 Å². The van der Waals surface area contributed by atoms with Crippen molar-refractivity contribution in [3.05, 3.63) is 23.5 Å². The van der Waals surface area contributed by atoms with Gasteiger partial charge in [0, 0.05) is 29.9 Å². The van der Waals surface area contributed by atoms with E-state index in [1.807, 2.05) is 0 Å². The van der Waals surface area contributed by atoms with E-state index >= 15 is 0 Å². The van der Waals surface area contributed by atoms with Crippen LogP contribution in [0, 0.1) is 11.8 Å². The second kappa shape index (κ2) is 4.56. The quantitative estimate of drug-likeness (QED) is 0.733. The Morgan fingerprint density at radius 2 is 2.00 bits per heavy atom. The normalized spacial score (nSPS) is 32.3. The van der Waals surface area contributed by atoms with Crippen LogP contribution < -0.4 is 0 Å². The maximum atomic E-state index is 11.9. The third-order valence-electron chi connectivity index (χ3n) is 5.11. The second-order valence-corrected chi connectivity index (χ2v) is 6.28. The lowest BCUT2D eigenvalue weighted by Gasteiger charge is -2.34. The number of ketones is 1. The van der Waals surface area contributed by atoms with Crippen LogP contribution in [0.4, 0.5) is 0 Å². The molecule has 0 saturated heterocycles. The van der Waals surface area contributed by atoms with Crippen molar-refractivity contribution >= 4 is 5.78 Å². The van der Waals surface area contributed by atoms with Gasteiger partial charge in [0.25, 0.3) is 0 Å². The zero-order valence-corrected chi connectivity index (χ0v) is 11.5. The Kier molecular flexibility index (Phi) is 3.04. The van der Waals surface area contributed by atoms with Crippen molar-refractivity contribution in [2.45, 2.75) is 58.4 Å². The first-order chi connectivity index (χ1) is 8.66. The molecule has 0 aromatic carbocycles. The molecule has 0 aliphatic heterocycles. The first-order valence-corrected chi connectivity index (χ1v) is 7.39. The fraction of sp³-hybridized carbons (Fsp3) is 0.688. The molecule has 0 radical (unpaired) electrons. The van der Waals surface area contributed by atoms with E-state index in [4.69, 9.17) is 0 Å². The Balaban J connectivity index is 1.87. The highest BCUT2D eigenvalue weighted by atomic mass is 16.1. The molecule has 2 aliphatic rings. The van der Waals surface area contributed by atoms with Crippen molar-refractivity contribution in [2.75, 3.05) is 0 Å². The van der Waals surface area contributed by atoms with Gasteiger partial charge in [0.15, 0.2) is 5.78 Å². The molecular weight excluding hydrogens is 222 g/mol. The lowest BCUT2D eigenvalue weighted by Crippen LogP contribution is -2.25. The van der Waals surface area contributed by atoms with E-state index < -0.39 is 0 Å². The number of carbonyl (C=O) groups excluding carboxylic acids is 1. The number of carbonyl (C=O) groups is 1. The van der Waals surface area contributed by atoms with Crippen LogP contribution in [-0.2, 0) is 6.42 Å². The maximum absolute atomic E-state index is 11.9. The molecule has 2 aliphatic carbocycles. The number of fused-ring (bicyclic) bond motifs is 1. The van der Waals surface area contributed by atoms with Crippen molar-refractivity contribution < 1.29 is 4.79 Å². The van der Waals surface area contributed by atoms with E-state index in [9.17, 15) is 4.79 Å². The SMILES string of the molecule is CC1CCC(n2ccc3c2CCCC3=O)CC1C. The third-order valence-corrected chi connectivity index (χ3v) is 5.11. The molecule has 3 atom stereocenters. The van der Waals surface area contributed by atoms with Crippen molar-refractivity contribution in [1.29, 1.82) is 0 Å². The van der Waals surface area contributed by atoms with E-state index in [2.05, 4.69) is 30.7 Å². The molecule has 0 N–H and O–H groups in total. The molecular formula is C16H23NO. The van der Waals surface area contributed by atoms with E-state index in [0.717, 1.165) is 36.7 Å². The predicted molar refractivity (Wildman–Crippen MR) is 72.9 cm³/mol. The summed E-state index contributed by atoms with van der Waals surface area (Å²) >= 11 is 0. The van der Waals surface area contributed by atoms with E-state index in [-0.39, 0.29) is 0 Å². The Hall–Kier alpha value is -1.05. The zero-order chi connectivity index (χ0) is 12.7. The maximum Gasteiger partial charge on any atom is 0.164 e. The summed E-state index contributed by atoms with van der Waals surface area (Å²) in [6.07, 6.45) is 8.92. The van der Waals surface area contributed by atoms with E-state index in [1.54, 1.807) is 0 Å². The van der Waals surface area contributed by atoms with Crippen LogP contribution >= 0.6 is 0 Å². The molecule has 2 heteroatoms. The Morgan fingerprint density at radius 1 is 1.17 bits per heavy atom. The molecule has 0 amide bonds. The number of hydrogen-bond donors (Lipinski definition) is 0. The molecule has 3 unspecified atom stereocenters. The average molecular weight is 245 g/mol. The van der Waals surface area contributed by atoms with Crippen LogP contribution in [0.25, 0.3) is 0 Å². The Labute approximate surface area is 109 Å². The van der Waals surface area contributed by atoms with E-state index in [1.165, 1.54) is 25.0 Å². The largest absolute Gasteiger partial charge is 0.348 e. The first kappa shape index (κ1) is 12.0. The minimum atomic E-state index is 0.354. The molecule has 0 spiro atoms. The third kappa shape index (κ3) is 1.92. The van der Waals surface area contributed by atoms with Gasteiger partial charge < -0.3 is 4.57 Å². The minimum absolute atomic E-state index is 0.354. The van der Waals surface area contributed by atoms with Gasteiger partial charge in [-0.1, -0.05) is 13.8 Å². The van der Waals surface area contributed by atoms with Gasteiger partial charge in [0.1, 0.15) is 0 Å². The highest BCUT2D eigenvalue weighted by Gasteiger charge is 2.29. The number of Topliss-reactive ketones (excluding diaryl/α,β-unsaturated/α-hetero) is 1. The monoisotopic (exact) mass is 245 g/mol. The van der Waals surface area contributed by atoms with Crippen LogP contribution in [0.3, 0.4) is 0 Å². The molecule has 0 bridgehead atoms. The zero-order valence-electron chi connectivity index (χ0n) is 11.5. The molecule has 18 heavy (non-hydrogen) atoms. The van der Waals surface area contributed by atoms with Crippen LogP contribution in [-0.4, -0.2) is 10.4 Å². The number of aromatic nitrogens is 1. The molecule has 1 fully saturated rings. The summed E-state index contributed by atoms with van der Waals surface area (Å²) in [6.45, 7) is 4.74. The number of rotatable bonds is 1. The van der Waals surface area contributed by atoms with Gasteiger partial charge in [-0.15, -0.1) is 0 Å². The van der Waals surface area contributed by atoms with Crippen LogP contribution in [0.15, 0.2) is 12.3 Å². The molecule has 1 saturated carbocycles. The second-order valence-electron chi connectivity index (χ2n) is 6.28. The van der Waals surface area contributed by atoms with Gasteiger partial charge in [0.05, 0.1) is 0 Å². The summed E-state index contributed by atoms with van der Waals surface area (Å²) in [5.74, 6) is 2.02. The molecule has 3 rings (SSSR count). The van der Waals surface area contributed by atoms with Gasteiger partial charge in [-0.3, -0.25) is 4.79 Å². The molecule has 98 valence electrons. The summed E-state index contributed by atoms with van der Waals surface area (Å²) < 4.78 is 2.43. The van der Waals surface area contributed by atoms with Crippen molar-refractivity contribution in [1.82, 2.24) is 4.57 Å². The highest BCUT2D eigenvalue weighted by Crippen LogP contribution is 2.38. The topological polar surface area (TPSA) is 22.0 Å². The lowest BCUT2D eigenvalue weighted by atomic mass is 9.79. The van der Waals surface area contributed by atoms with Crippen molar-refractivity contribution in [2.24, 2.45) is 11.8 Å². The first-order valence-electron chi connectivity index (χ1n) is 7.39.